The lowest BCUT2D eigenvalue weighted by Gasteiger charge is -2.24. The van der Waals surface area contributed by atoms with E-state index in [1.165, 1.54) is 32.1 Å². The first kappa shape index (κ1) is 8.76. The van der Waals surface area contributed by atoms with Crippen LogP contribution in [0.25, 0.3) is 0 Å². The molecule has 0 aromatic heterocycles. The molecule has 1 rings (SSSR count). The van der Waals surface area contributed by atoms with Gasteiger partial charge >= 0.3 is 0 Å². The lowest BCUT2D eigenvalue weighted by atomic mass is 9.79. The molecule has 0 aromatic carbocycles. The van der Waals surface area contributed by atoms with Gasteiger partial charge in [-0.1, -0.05) is 32.1 Å². The van der Waals surface area contributed by atoms with E-state index in [1.54, 1.807) is 0 Å². The quantitative estimate of drug-likeness (QED) is 0.529. The molecule has 1 fully saturated rings. The molecule has 0 bridgehead atoms. The molecule has 63 valence electrons. The molecule has 1 nitrogen and oxygen atoms in total. The molecule has 0 spiro atoms. The summed E-state index contributed by atoms with van der Waals surface area (Å²) in [5, 5.41) is 0. The summed E-state index contributed by atoms with van der Waals surface area (Å²) in [7, 11) is 0. The van der Waals surface area contributed by atoms with E-state index >= 15 is 0 Å². The maximum Gasteiger partial charge on any atom is 0.126 e. The first-order valence-electron chi connectivity index (χ1n) is 4.59. The monoisotopic (exact) mass is 153 g/mol. The smallest absolute Gasteiger partial charge is 0.126 e. The van der Waals surface area contributed by atoms with Crippen molar-refractivity contribution in [1.29, 1.82) is 0 Å². The molecule has 0 heterocycles. The average Bonchev–Trinajstić information content (AvgIpc) is 1.98. The van der Waals surface area contributed by atoms with Crippen LogP contribution < -0.4 is 0 Å². The maximum atomic E-state index is 10.7. The van der Waals surface area contributed by atoms with Gasteiger partial charge in [0, 0.05) is 5.41 Å². The van der Waals surface area contributed by atoms with Crippen molar-refractivity contribution in [2.24, 2.45) is 5.41 Å². The Morgan fingerprint density at radius 3 is 1.91 bits per heavy atom. The summed E-state index contributed by atoms with van der Waals surface area (Å²) in [6.45, 7) is 3.98. The van der Waals surface area contributed by atoms with Gasteiger partial charge in [0.15, 0.2) is 0 Å². The van der Waals surface area contributed by atoms with Crippen molar-refractivity contribution < 1.29 is 4.79 Å². The molecular weight excluding hydrogens is 136 g/mol. The molecule has 1 radical (unpaired) electrons. The van der Waals surface area contributed by atoms with Crippen molar-refractivity contribution in [2.45, 2.75) is 44.9 Å². The topological polar surface area (TPSA) is 17.1 Å². The van der Waals surface area contributed by atoms with Crippen LogP contribution >= 0.6 is 0 Å². The highest BCUT2D eigenvalue weighted by atomic mass is 16.1. The Bertz CT molecular complexity index is 121. The van der Waals surface area contributed by atoms with E-state index in [1.807, 2.05) is 0 Å². The Labute approximate surface area is 69.2 Å². The second-order valence-corrected chi connectivity index (χ2v) is 3.75. The SMILES string of the molecule is [CH2]C1(C=O)CCCCCCC1. The van der Waals surface area contributed by atoms with Gasteiger partial charge in [0.25, 0.3) is 0 Å². The van der Waals surface area contributed by atoms with Crippen molar-refractivity contribution in [2.75, 3.05) is 0 Å². The van der Waals surface area contributed by atoms with Crippen molar-refractivity contribution in [3.8, 4) is 0 Å². The van der Waals surface area contributed by atoms with Crippen LogP contribution in [0.15, 0.2) is 0 Å². The summed E-state index contributed by atoms with van der Waals surface area (Å²) in [5.74, 6) is 0. The summed E-state index contributed by atoms with van der Waals surface area (Å²) < 4.78 is 0. The van der Waals surface area contributed by atoms with E-state index in [-0.39, 0.29) is 5.41 Å². The van der Waals surface area contributed by atoms with Crippen molar-refractivity contribution in [1.82, 2.24) is 0 Å². The third-order valence-electron chi connectivity index (χ3n) is 2.60. The van der Waals surface area contributed by atoms with Crippen LogP contribution in [0.4, 0.5) is 0 Å². The van der Waals surface area contributed by atoms with Gasteiger partial charge in [-0.05, 0) is 19.8 Å². The highest BCUT2D eigenvalue weighted by molar-refractivity contribution is 5.60. The Kier molecular flexibility index (Phi) is 3.10. The van der Waals surface area contributed by atoms with Gasteiger partial charge in [-0.3, -0.25) is 0 Å². The van der Waals surface area contributed by atoms with Gasteiger partial charge in [-0.25, -0.2) is 0 Å². The van der Waals surface area contributed by atoms with E-state index in [0.717, 1.165) is 19.1 Å². The van der Waals surface area contributed by atoms with E-state index in [0.29, 0.717) is 0 Å². The summed E-state index contributed by atoms with van der Waals surface area (Å²) in [6, 6.07) is 0. The van der Waals surface area contributed by atoms with E-state index < -0.39 is 0 Å². The van der Waals surface area contributed by atoms with Crippen LogP contribution in [0.1, 0.15) is 44.9 Å². The minimum Gasteiger partial charge on any atom is -0.303 e. The molecule has 0 atom stereocenters. The molecule has 11 heavy (non-hydrogen) atoms. The molecule has 1 heteroatoms. The van der Waals surface area contributed by atoms with E-state index in [2.05, 4.69) is 6.92 Å². The fraction of sp³-hybridized carbons (Fsp3) is 0.800. The molecule has 0 aliphatic heterocycles. The van der Waals surface area contributed by atoms with Crippen LogP contribution in [0.3, 0.4) is 0 Å². The Balaban J connectivity index is 2.43. The Morgan fingerprint density at radius 1 is 1.00 bits per heavy atom. The molecule has 0 unspecified atom stereocenters. The summed E-state index contributed by atoms with van der Waals surface area (Å²) in [4.78, 5) is 10.7. The molecule has 0 saturated heterocycles. The number of carbonyl (C=O) groups excluding carboxylic acids is 1. The van der Waals surface area contributed by atoms with Crippen molar-refractivity contribution in [3.05, 3.63) is 6.92 Å². The summed E-state index contributed by atoms with van der Waals surface area (Å²) in [5.41, 5.74) is -0.236. The molecular formula is C10H17O. The first-order valence-corrected chi connectivity index (χ1v) is 4.59. The standard InChI is InChI=1S/C10H17O/c1-10(9-11)7-5-3-2-4-6-8-10/h9H,1-8H2. The zero-order valence-electron chi connectivity index (χ0n) is 7.14. The third-order valence-corrected chi connectivity index (χ3v) is 2.60. The summed E-state index contributed by atoms with van der Waals surface area (Å²) in [6.07, 6.45) is 9.32. The number of hydrogen-bond donors (Lipinski definition) is 0. The Hall–Kier alpha value is -0.330. The molecule has 1 aliphatic rings. The fourth-order valence-electron chi connectivity index (χ4n) is 1.73. The summed E-state index contributed by atoms with van der Waals surface area (Å²) >= 11 is 0. The van der Waals surface area contributed by atoms with Crippen LogP contribution in [-0.4, -0.2) is 6.29 Å². The van der Waals surface area contributed by atoms with Crippen LogP contribution in [0.2, 0.25) is 0 Å². The third kappa shape index (κ3) is 2.64. The average molecular weight is 153 g/mol. The molecule has 1 aliphatic carbocycles. The number of rotatable bonds is 1. The van der Waals surface area contributed by atoms with Gasteiger partial charge in [0.05, 0.1) is 0 Å². The largest absolute Gasteiger partial charge is 0.303 e. The van der Waals surface area contributed by atoms with Crippen LogP contribution in [0.5, 0.6) is 0 Å². The highest BCUT2D eigenvalue weighted by Gasteiger charge is 2.23. The van der Waals surface area contributed by atoms with Gasteiger partial charge in [0.1, 0.15) is 6.29 Å². The minimum atomic E-state index is -0.236. The molecule has 0 N–H and O–H groups in total. The Morgan fingerprint density at radius 2 is 1.45 bits per heavy atom. The van der Waals surface area contributed by atoms with Gasteiger partial charge in [-0.2, -0.15) is 0 Å². The van der Waals surface area contributed by atoms with Crippen LogP contribution in [-0.2, 0) is 4.79 Å². The van der Waals surface area contributed by atoms with E-state index in [9.17, 15) is 4.79 Å². The second kappa shape index (κ2) is 3.89. The lowest BCUT2D eigenvalue weighted by Crippen LogP contribution is -2.19. The van der Waals surface area contributed by atoms with Crippen molar-refractivity contribution in [3.63, 3.8) is 0 Å². The van der Waals surface area contributed by atoms with Gasteiger partial charge in [0.2, 0.25) is 0 Å². The highest BCUT2D eigenvalue weighted by Crippen LogP contribution is 2.30. The van der Waals surface area contributed by atoms with Crippen molar-refractivity contribution >= 4 is 6.29 Å². The number of aldehydes is 1. The first-order chi connectivity index (χ1) is 5.27. The molecule has 0 amide bonds. The fourth-order valence-corrected chi connectivity index (χ4v) is 1.73. The van der Waals surface area contributed by atoms with Gasteiger partial charge < -0.3 is 4.79 Å². The zero-order valence-corrected chi connectivity index (χ0v) is 7.14. The zero-order chi connectivity index (χ0) is 8.16. The predicted octanol–water partition coefficient (Wildman–Crippen LogP) is 2.75. The molecule has 1 saturated carbocycles. The normalized spacial score (nSPS) is 25.2. The minimum absolute atomic E-state index is 0.236. The second-order valence-electron chi connectivity index (χ2n) is 3.75. The molecule has 0 aromatic rings. The van der Waals surface area contributed by atoms with E-state index in [4.69, 9.17) is 0 Å². The number of hydrogen-bond acceptors (Lipinski definition) is 1. The lowest BCUT2D eigenvalue weighted by molar-refractivity contribution is -0.115. The van der Waals surface area contributed by atoms with Gasteiger partial charge in [-0.15, -0.1) is 0 Å². The number of carbonyl (C=O) groups is 1. The maximum absolute atomic E-state index is 10.7. The predicted molar refractivity (Wildman–Crippen MR) is 46.2 cm³/mol. The van der Waals surface area contributed by atoms with Crippen LogP contribution in [0, 0.1) is 12.3 Å².